The highest BCUT2D eigenvalue weighted by Gasteiger charge is 2.33. The molecule has 0 aliphatic carbocycles. The van der Waals surface area contributed by atoms with Crippen molar-refractivity contribution in [2.75, 3.05) is 13.6 Å². The van der Waals surface area contributed by atoms with Gasteiger partial charge in [-0.25, -0.2) is 0 Å². The summed E-state index contributed by atoms with van der Waals surface area (Å²) in [5, 5.41) is 9.11. The summed E-state index contributed by atoms with van der Waals surface area (Å²) >= 11 is 0. The molecule has 0 saturated carbocycles. The van der Waals surface area contributed by atoms with E-state index in [4.69, 9.17) is 5.11 Å². The van der Waals surface area contributed by atoms with Gasteiger partial charge in [-0.15, -0.1) is 0 Å². The zero-order valence-electron chi connectivity index (χ0n) is 10.0. The first kappa shape index (κ1) is 13.4. The zero-order chi connectivity index (χ0) is 11.4. The van der Waals surface area contributed by atoms with Gasteiger partial charge in [0.25, 0.3) is 0 Å². The molecule has 3 heteroatoms. The fourth-order valence-corrected chi connectivity index (χ4v) is 1.35. The molecule has 0 aromatic carbocycles. The Hall–Kier alpha value is -0.570. The molecule has 0 fully saturated rings. The van der Waals surface area contributed by atoms with Gasteiger partial charge in [-0.2, -0.15) is 0 Å². The summed E-state index contributed by atoms with van der Waals surface area (Å²) in [5.41, 5.74) is -0.613. The van der Waals surface area contributed by atoms with Crippen LogP contribution >= 0.6 is 0 Å². The second kappa shape index (κ2) is 5.35. The standard InChI is InChI=1S/C11H23NO2/c1-6-9(3)12(5)8-11(4,7-2)10(13)14/h9H,6-8H2,1-5H3,(H,13,14). The van der Waals surface area contributed by atoms with Crippen LogP contribution in [0.2, 0.25) is 0 Å². The van der Waals surface area contributed by atoms with Crippen LogP contribution in [0.25, 0.3) is 0 Å². The first-order valence-corrected chi connectivity index (χ1v) is 5.31. The molecule has 0 aromatic heterocycles. The molecule has 2 atom stereocenters. The molecule has 0 aliphatic heterocycles. The molecule has 0 heterocycles. The van der Waals surface area contributed by atoms with Gasteiger partial charge < -0.3 is 10.0 Å². The predicted octanol–water partition coefficient (Wildman–Crippen LogP) is 2.22. The van der Waals surface area contributed by atoms with E-state index in [1.807, 2.05) is 20.9 Å². The molecule has 0 bridgehead atoms. The molecular weight excluding hydrogens is 178 g/mol. The van der Waals surface area contributed by atoms with E-state index in [1.54, 1.807) is 0 Å². The van der Waals surface area contributed by atoms with E-state index in [1.165, 1.54) is 0 Å². The summed E-state index contributed by atoms with van der Waals surface area (Å²) in [6.07, 6.45) is 1.72. The van der Waals surface area contributed by atoms with E-state index in [-0.39, 0.29) is 0 Å². The molecule has 84 valence electrons. The maximum atomic E-state index is 11.1. The SMILES string of the molecule is CCC(C)N(C)CC(C)(CC)C(=O)O. The number of hydrogen-bond donors (Lipinski definition) is 1. The first-order chi connectivity index (χ1) is 6.37. The lowest BCUT2D eigenvalue weighted by molar-refractivity contribution is -0.149. The smallest absolute Gasteiger partial charge is 0.310 e. The molecule has 3 nitrogen and oxygen atoms in total. The number of carbonyl (C=O) groups is 1. The van der Waals surface area contributed by atoms with Gasteiger partial charge in [0.1, 0.15) is 0 Å². The molecule has 1 N–H and O–H groups in total. The van der Waals surface area contributed by atoms with Crippen LogP contribution < -0.4 is 0 Å². The fourth-order valence-electron chi connectivity index (χ4n) is 1.35. The monoisotopic (exact) mass is 201 g/mol. The maximum Gasteiger partial charge on any atom is 0.310 e. The van der Waals surface area contributed by atoms with Crippen LogP contribution in [0.5, 0.6) is 0 Å². The van der Waals surface area contributed by atoms with E-state index in [0.29, 0.717) is 19.0 Å². The summed E-state index contributed by atoms with van der Waals surface area (Å²) < 4.78 is 0. The Labute approximate surface area is 87.1 Å². The van der Waals surface area contributed by atoms with Crippen LogP contribution in [0.4, 0.5) is 0 Å². The largest absolute Gasteiger partial charge is 0.481 e. The van der Waals surface area contributed by atoms with Crippen LogP contribution in [0.15, 0.2) is 0 Å². The Bertz CT molecular complexity index is 194. The lowest BCUT2D eigenvalue weighted by Crippen LogP contribution is -2.42. The van der Waals surface area contributed by atoms with Crippen molar-refractivity contribution in [2.45, 2.75) is 46.6 Å². The van der Waals surface area contributed by atoms with E-state index in [9.17, 15) is 4.79 Å². The molecule has 0 aromatic rings. The average molecular weight is 201 g/mol. The Morgan fingerprint density at radius 2 is 2.00 bits per heavy atom. The number of rotatable bonds is 6. The third kappa shape index (κ3) is 3.29. The fraction of sp³-hybridized carbons (Fsp3) is 0.909. The predicted molar refractivity (Wildman–Crippen MR) is 58.4 cm³/mol. The highest BCUT2D eigenvalue weighted by Crippen LogP contribution is 2.23. The van der Waals surface area contributed by atoms with Crippen molar-refractivity contribution in [1.82, 2.24) is 4.90 Å². The molecule has 0 aliphatic rings. The topological polar surface area (TPSA) is 40.5 Å². The van der Waals surface area contributed by atoms with Gasteiger partial charge in [-0.1, -0.05) is 13.8 Å². The molecular formula is C11H23NO2. The van der Waals surface area contributed by atoms with Gasteiger partial charge in [0.15, 0.2) is 0 Å². The third-order valence-electron chi connectivity index (χ3n) is 3.24. The summed E-state index contributed by atoms with van der Waals surface area (Å²) in [6.45, 7) is 8.60. The first-order valence-electron chi connectivity index (χ1n) is 5.31. The van der Waals surface area contributed by atoms with Gasteiger partial charge in [-0.05, 0) is 33.7 Å². The van der Waals surface area contributed by atoms with Gasteiger partial charge in [-0.3, -0.25) is 4.79 Å². The van der Waals surface area contributed by atoms with Crippen LogP contribution in [0, 0.1) is 5.41 Å². The van der Waals surface area contributed by atoms with E-state index in [2.05, 4.69) is 18.7 Å². The maximum absolute atomic E-state index is 11.1. The number of hydrogen-bond acceptors (Lipinski definition) is 2. The van der Waals surface area contributed by atoms with Crippen LogP contribution in [-0.2, 0) is 4.79 Å². The average Bonchev–Trinajstić information content (AvgIpc) is 2.15. The van der Waals surface area contributed by atoms with Crippen molar-refractivity contribution < 1.29 is 9.90 Å². The minimum Gasteiger partial charge on any atom is -0.481 e. The molecule has 0 rings (SSSR count). The summed E-state index contributed by atoms with van der Waals surface area (Å²) in [5.74, 6) is -0.699. The van der Waals surface area contributed by atoms with E-state index >= 15 is 0 Å². The van der Waals surface area contributed by atoms with Crippen molar-refractivity contribution in [1.29, 1.82) is 0 Å². The van der Waals surface area contributed by atoms with Crippen molar-refractivity contribution in [3.05, 3.63) is 0 Å². The van der Waals surface area contributed by atoms with Gasteiger partial charge in [0.05, 0.1) is 5.41 Å². The van der Waals surface area contributed by atoms with Gasteiger partial charge in [0, 0.05) is 12.6 Å². The Morgan fingerprint density at radius 1 is 1.50 bits per heavy atom. The molecule has 0 radical (unpaired) electrons. The van der Waals surface area contributed by atoms with E-state index < -0.39 is 11.4 Å². The minimum absolute atomic E-state index is 0.445. The molecule has 0 spiro atoms. The van der Waals surface area contributed by atoms with Crippen molar-refractivity contribution in [3.63, 3.8) is 0 Å². The summed E-state index contributed by atoms with van der Waals surface area (Å²) in [6, 6.07) is 0.445. The lowest BCUT2D eigenvalue weighted by atomic mass is 9.87. The molecule has 2 unspecified atom stereocenters. The zero-order valence-corrected chi connectivity index (χ0v) is 10.0. The Kier molecular flexibility index (Phi) is 5.13. The summed E-state index contributed by atoms with van der Waals surface area (Å²) in [7, 11) is 1.99. The van der Waals surface area contributed by atoms with E-state index in [0.717, 1.165) is 6.42 Å². The number of nitrogens with zero attached hydrogens (tertiary/aromatic N) is 1. The van der Waals surface area contributed by atoms with Crippen molar-refractivity contribution in [3.8, 4) is 0 Å². The highest BCUT2D eigenvalue weighted by atomic mass is 16.4. The van der Waals surface area contributed by atoms with Crippen molar-refractivity contribution >= 4 is 5.97 Å². The number of carboxylic acid groups (broad SMARTS) is 1. The minimum atomic E-state index is -0.699. The normalized spacial score (nSPS) is 17.9. The quantitative estimate of drug-likeness (QED) is 0.716. The summed E-state index contributed by atoms with van der Waals surface area (Å²) in [4.78, 5) is 13.2. The second-order valence-electron chi connectivity index (χ2n) is 4.39. The third-order valence-corrected chi connectivity index (χ3v) is 3.24. The van der Waals surface area contributed by atoms with Crippen LogP contribution in [0.3, 0.4) is 0 Å². The Morgan fingerprint density at radius 3 is 2.29 bits per heavy atom. The van der Waals surface area contributed by atoms with Crippen LogP contribution in [-0.4, -0.2) is 35.6 Å². The Balaban J connectivity index is 4.39. The molecule has 0 saturated heterocycles. The van der Waals surface area contributed by atoms with Crippen LogP contribution in [0.1, 0.15) is 40.5 Å². The van der Waals surface area contributed by atoms with Crippen molar-refractivity contribution in [2.24, 2.45) is 5.41 Å². The van der Waals surface area contributed by atoms with Gasteiger partial charge in [0.2, 0.25) is 0 Å². The number of aliphatic carboxylic acids is 1. The second-order valence-corrected chi connectivity index (χ2v) is 4.39. The lowest BCUT2D eigenvalue weighted by Gasteiger charge is -2.32. The molecule has 14 heavy (non-hydrogen) atoms. The molecule has 0 amide bonds. The number of carboxylic acids is 1. The van der Waals surface area contributed by atoms with Gasteiger partial charge >= 0.3 is 5.97 Å². The highest BCUT2D eigenvalue weighted by molar-refractivity contribution is 5.74.